The predicted molar refractivity (Wildman–Crippen MR) is 111 cm³/mol. The summed E-state index contributed by atoms with van der Waals surface area (Å²) < 4.78 is 1.85. The molecule has 3 aliphatic rings. The van der Waals surface area contributed by atoms with Gasteiger partial charge in [0.05, 0.1) is 18.3 Å². The molecule has 4 heterocycles. The van der Waals surface area contributed by atoms with Gasteiger partial charge in [-0.15, -0.1) is 15.3 Å². The number of nitrogens with one attached hydrogen (secondary N) is 3. The lowest BCUT2D eigenvalue weighted by molar-refractivity contribution is 0.323. The summed E-state index contributed by atoms with van der Waals surface area (Å²) >= 11 is 1.51. The van der Waals surface area contributed by atoms with Gasteiger partial charge < -0.3 is 15.6 Å². The summed E-state index contributed by atoms with van der Waals surface area (Å²) in [4.78, 5) is 0.794. The van der Waals surface area contributed by atoms with E-state index in [0.29, 0.717) is 0 Å². The molecule has 144 valence electrons. The Balaban J connectivity index is 1.40. The van der Waals surface area contributed by atoms with Gasteiger partial charge in [0, 0.05) is 18.7 Å². The van der Waals surface area contributed by atoms with Gasteiger partial charge in [0.1, 0.15) is 0 Å². The third-order valence-electron chi connectivity index (χ3n) is 5.13. The first-order valence-electron chi connectivity index (χ1n) is 9.44. The van der Waals surface area contributed by atoms with E-state index in [1.165, 1.54) is 22.5 Å². The van der Waals surface area contributed by atoms with Crippen LogP contribution >= 0.6 is 11.3 Å². The van der Waals surface area contributed by atoms with Crippen molar-refractivity contribution >= 4 is 21.4 Å². The van der Waals surface area contributed by atoms with E-state index in [1.54, 1.807) is 0 Å². The molecule has 2 atom stereocenters. The Hall–Kier alpha value is -2.91. The SMILES string of the molecule is CCN1C=C(Nc2nn3c([C@H](C)C4=CC5=CC=CNC5C=C4)nnc3s2)CN1. The lowest BCUT2D eigenvalue weighted by Crippen LogP contribution is -2.28. The standard InChI is InChI=1S/C19H22N8S/c1-3-26-11-15(10-21-26)22-18-25-27-17(23-24-19(27)28-18)12(2)13-6-7-16-14(9-13)5-4-8-20-16/h4-9,11-12,16,20-21H,3,10H2,1-2H3,(H,22,25)/t12-,16?/m1/s1. The number of allylic oxidation sites excluding steroid dienone is 4. The second-order valence-corrected chi connectivity index (χ2v) is 7.91. The number of hydrogen-bond acceptors (Lipinski definition) is 8. The van der Waals surface area contributed by atoms with Crippen molar-refractivity contribution in [3.05, 3.63) is 65.4 Å². The van der Waals surface area contributed by atoms with Crippen LogP contribution in [0.25, 0.3) is 4.96 Å². The summed E-state index contributed by atoms with van der Waals surface area (Å²) in [5.74, 6) is 0.944. The Morgan fingerprint density at radius 1 is 1.39 bits per heavy atom. The minimum absolute atomic E-state index is 0.0944. The Morgan fingerprint density at radius 3 is 3.18 bits per heavy atom. The zero-order valence-corrected chi connectivity index (χ0v) is 16.6. The first kappa shape index (κ1) is 17.2. The fourth-order valence-electron chi connectivity index (χ4n) is 3.52. The maximum Gasteiger partial charge on any atom is 0.236 e. The summed E-state index contributed by atoms with van der Waals surface area (Å²) in [5, 5.41) is 23.1. The van der Waals surface area contributed by atoms with E-state index < -0.39 is 0 Å². The second-order valence-electron chi connectivity index (χ2n) is 6.96. The molecule has 1 unspecified atom stereocenters. The molecular formula is C19H22N8S. The van der Waals surface area contributed by atoms with Crippen molar-refractivity contribution in [3.8, 4) is 0 Å². The first-order valence-corrected chi connectivity index (χ1v) is 10.3. The molecule has 0 bridgehead atoms. The summed E-state index contributed by atoms with van der Waals surface area (Å²) in [7, 11) is 0. The number of aromatic nitrogens is 4. The number of hydrogen-bond donors (Lipinski definition) is 3. The van der Waals surface area contributed by atoms with Crippen LogP contribution in [0.5, 0.6) is 0 Å². The van der Waals surface area contributed by atoms with Crippen LogP contribution in [-0.2, 0) is 0 Å². The molecule has 0 fully saturated rings. The van der Waals surface area contributed by atoms with Gasteiger partial charge in [0.2, 0.25) is 10.1 Å². The number of rotatable bonds is 5. The first-order chi connectivity index (χ1) is 13.7. The summed E-state index contributed by atoms with van der Waals surface area (Å²) in [6.07, 6.45) is 14.8. The van der Waals surface area contributed by atoms with E-state index in [-0.39, 0.29) is 12.0 Å². The Morgan fingerprint density at radius 2 is 2.32 bits per heavy atom. The third kappa shape index (κ3) is 3.02. The molecule has 8 nitrogen and oxygen atoms in total. The normalized spacial score (nSPS) is 21.9. The number of fused-ring (bicyclic) bond motifs is 2. The minimum Gasteiger partial charge on any atom is -0.381 e. The maximum absolute atomic E-state index is 4.71. The van der Waals surface area contributed by atoms with Crippen LogP contribution in [0.1, 0.15) is 25.6 Å². The molecule has 2 aromatic rings. The number of dihydropyridines is 1. The minimum atomic E-state index is 0.0944. The highest BCUT2D eigenvalue weighted by atomic mass is 32.1. The van der Waals surface area contributed by atoms with Crippen molar-refractivity contribution in [2.75, 3.05) is 18.4 Å². The average Bonchev–Trinajstić information content (AvgIpc) is 3.43. The zero-order valence-electron chi connectivity index (χ0n) is 15.8. The van der Waals surface area contributed by atoms with E-state index in [4.69, 9.17) is 5.10 Å². The average molecular weight is 395 g/mol. The fraction of sp³-hybridized carbons (Fsp3) is 0.316. The van der Waals surface area contributed by atoms with Gasteiger partial charge in [-0.25, -0.2) is 5.43 Å². The molecule has 28 heavy (non-hydrogen) atoms. The summed E-state index contributed by atoms with van der Waals surface area (Å²) in [6, 6.07) is 0.255. The molecule has 0 radical (unpaired) electrons. The Kier molecular flexibility index (Phi) is 4.25. The summed E-state index contributed by atoms with van der Waals surface area (Å²) in [6.45, 7) is 5.95. The molecule has 2 aromatic heterocycles. The quantitative estimate of drug-likeness (QED) is 0.718. The predicted octanol–water partition coefficient (Wildman–Crippen LogP) is 2.29. The van der Waals surface area contributed by atoms with Crippen LogP contribution in [0.3, 0.4) is 0 Å². The lowest BCUT2D eigenvalue weighted by Gasteiger charge is -2.24. The number of hydrazine groups is 1. The highest BCUT2D eigenvalue weighted by molar-refractivity contribution is 7.20. The van der Waals surface area contributed by atoms with Crippen LogP contribution in [0.15, 0.2) is 59.6 Å². The monoisotopic (exact) mass is 394 g/mol. The van der Waals surface area contributed by atoms with Crippen LogP contribution < -0.4 is 16.1 Å². The van der Waals surface area contributed by atoms with Gasteiger partial charge in [-0.2, -0.15) is 4.52 Å². The van der Waals surface area contributed by atoms with E-state index in [0.717, 1.165) is 34.7 Å². The van der Waals surface area contributed by atoms with Crippen LogP contribution in [0.2, 0.25) is 0 Å². The fourth-order valence-corrected chi connectivity index (χ4v) is 4.30. The van der Waals surface area contributed by atoms with Gasteiger partial charge in [0.15, 0.2) is 5.82 Å². The molecule has 5 rings (SSSR count). The van der Waals surface area contributed by atoms with Crippen LogP contribution in [-0.4, -0.2) is 44.0 Å². The molecule has 2 aliphatic heterocycles. The number of nitrogens with zero attached hydrogens (tertiary/aromatic N) is 5. The highest BCUT2D eigenvalue weighted by Crippen LogP contribution is 2.31. The van der Waals surface area contributed by atoms with Gasteiger partial charge in [-0.3, -0.25) is 0 Å². The topological polar surface area (TPSA) is 82.4 Å². The van der Waals surface area contributed by atoms with E-state index in [1.807, 2.05) is 16.8 Å². The van der Waals surface area contributed by atoms with Crippen molar-refractivity contribution in [3.63, 3.8) is 0 Å². The molecule has 3 N–H and O–H groups in total. The van der Waals surface area contributed by atoms with Crippen molar-refractivity contribution in [2.24, 2.45) is 0 Å². The van der Waals surface area contributed by atoms with Crippen LogP contribution in [0, 0.1) is 0 Å². The third-order valence-corrected chi connectivity index (χ3v) is 5.94. The lowest BCUT2D eigenvalue weighted by atomic mass is 9.89. The molecule has 0 spiro atoms. The van der Waals surface area contributed by atoms with E-state index >= 15 is 0 Å². The summed E-state index contributed by atoms with van der Waals surface area (Å²) in [5.41, 5.74) is 6.85. The highest BCUT2D eigenvalue weighted by Gasteiger charge is 2.23. The van der Waals surface area contributed by atoms with Gasteiger partial charge >= 0.3 is 0 Å². The molecule has 9 heteroatoms. The molecular weight excluding hydrogens is 372 g/mol. The number of anilines is 1. The molecule has 0 saturated heterocycles. The van der Waals surface area contributed by atoms with E-state index in [2.05, 4.69) is 75.6 Å². The molecule has 0 amide bonds. The van der Waals surface area contributed by atoms with Gasteiger partial charge in [-0.1, -0.05) is 42.6 Å². The molecule has 0 saturated carbocycles. The van der Waals surface area contributed by atoms with Crippen LogP contribution in [0.4, 0.5) is 5.13 Å². The maximum atomic E-state index is 4.71. The second kappa shape index (κ2) is 6.92. The molecule has 0 aromatic carbocycles. The van der Waals surface area contributed by atoms with Crippen molar-refractivity contribution in [1.29, 1.82) is 0 Å². The molecule has 1 aliphatic carbocycles. The van der Waals surface area contributed by atoms with Crippen molar-refractivity contribution < 1.29 is 0 Å². The largest absolute Gasteiger partial charge is 0.381 e. The smallest absolute Gasteiger partial charge is 0.236 e. The Bertz CT molecular complexity index is 1050. The van der Waals surface area contributed by atoms with Crippen molar-refractivity contribution in [1.82, 2.24) is 35.6 Å². The van der Waals surface area contributed by atoms with Gasteiger partial charge in [-0.05, 0) is 30.3 Å². The zero-order chi connectivity index (χ0) is 19.1. The van der Waals surface area contributed by atoms with E-state index in [9.17, 15) is 0 Å². The van der Waals surface area contributed by atoms with Gasteiger partial charge in [0.25, 0.3) is 0 Å². The Labute approximate surface area is 167 Å². The van der Waals surface area contributed by atoms with Crippen molar-refractivity contribution in [2.45, 2.75) is 25.8 Å².